The Hall–Kier alpha value is -2.95. The van der Waals surface area contributed by atoms with Crippen LogP contribution in [-0.4, -0.2) is 29.8 Å². The number of oxime groups is 1. The molecule has 0 N–H and O–H groups in total. The first-order chi connectivity index (χ1) is 13.7. The van der Waals surface area contributed by atoms with E-state index >= 15 is 0 Å². The van der Waals surface area contributed by atoms with Gasteiger partial charge in [0.05, 0.1) is 17.7 Å². The van der Waals surface area contributed by atoms with Gasteiger partial charge in [-0.3, -0.25) is 0 Å². The molecule has 3 atom stereocenters. The fourth-order valence-corrected chi connectivity index (χ4v) is 4.67. The molecule has 28 heavy (non-hydrogen) atoms. The molecule has 0 amide bonds. The zero-order chi connectivity index (χ0) is 19.1. The highest BCUT2D eigenvalue weighted by Crippen LogP contribution is 2.56. The van der Waals surface area contributed by atoms with Gasteiger partial charge in [-0.05, 0) is 11.1 Å². The molecule has 0 spiro atoms. The first-order valence-electron chi connectivity index (χ1n) is 9.62. The summed E-state index contributed by atoms with van der Waals surface area (Å²) in [5, 5.41) is 9.13. The Balaban J connectivity index is 1.72. The molecular weight excluding hydrogens is 346 g/mol. The molecule has 4 heteroatoms. The van der Waals surface area contributed by atoms with Gasteiger partial charge in [-0.2, -0.15) is 5.01 Å². The van der Waals surface area contributed by atoms with Crippen molar-refractivity contribution in [2.24, 2.45) is 11.1 Å². The average Bonchev–Trinajstić information content (AvgIpc) is 3.25. The van der Waals surface area contributed by atoms with E-state index in [0.717, 1.165) is 16.8 Å². The summed E-state index contributed by atoms with van der Waals surface area (Å²) in [5.41, 5.74) is 3.81. The van der Waals surface area contributed by atoms with Gasteiger partial charge in [0, 0.05) is 19.7 Å². The minimum atomic E-state index is -0.665. The fraction of sp³-hybridized carbons (Fsp3) is 0.208. The summed E-state index contributed by atoms with van der Waals surface area (Å²) < 4.78 is 0. The maximum atomic E-state index is 6.32. The van der Waals surface area contributed by atoms with Crippen LogP contribution in [0, 0.1) is 5.92 Å². The number of hydrazine groups is 1. The van der Waals surface area contributed by atoms with Crippen molar-refractivity contribution in [3.05, 3.63) is 108 Å². The average molecular weight is 369 g/mol. The second-order valence-electron chi connectivity index (χ2n) is 7.43. The Bertz CT molecular complexity index is 990. The third kappa shape index (κ3) is 2.35. The zero-order valence-corrected chi connectivity index (χ0v) is 16.1. The minimum Gasteiger partial charge on any atom is -0.366 e. The van der Waals surface area contributed by atoms with Gasteiger partial charge >= 0.3 is 0 Å². The molecular formula is C24H23N3O. The van der Waals surface area contributed by atoms with Crippen LogP contribution in [0.3, 0.4) is 0 Å². The van der Waals surface area contributed by atoms with E-state index in [4.69, 9.17) is 4.84 Å². The molecule has 0 aromatic heterocycles. The summed E-state index contributed by atoms with van der Waals surface area (Å²) in [5.74, 6) is 0.0368. The number of hydrogen-bond donors (Lipinski definition) is 0. The van der Waals surface area contributed by atoms with Crippen LogP contribution in [0.2, 0.25) is 0 Å². The van der Waals surface area contributed by atoms with Crippen molar-refractivity contribution < 1.29 is 4.84 Å². The molecule has 0 saturated carbocycles. The number of rotatable bonds is 3. The molecule has 140 valence electrons. The minimum absolute atomic E-state index is 0.0368. The summed E-state index contributed by atoms with van der Waals surface area (Å²) in [7, 11) is 4.22. The maximum absolute atomic E-state index is 6.32. The fourth-order valence-electron chi connectivity index (χ4n) is 4.67. The SMILES string of the molecule is CN1[C@H](c2ccccc2)[C@H]2C(c3ccccc3)=NO[C@@]2(c2ccccc2)N1C. The van der Waals surface area contributed by atoms with E-state index in [2.05, 4.69) is 108 Å². The van der Waals surface area contributed by atoms with Gasteiger partial charge in [-0.15, -0.1) is 0 Å². The molecule has 0 radical (unpaired) electrons. The van der Waals surface area contributed by atoms with Crippen LogP contribution < -0.4 is 0 Å². The van der Waals surface area contributed by atoms with E-state index in [1.54, 1.807) is 0 Å². The molecule has 2 aliphatic heterocycles. The van der Waals surface area contributed by atoms with Gasteiger partial charge in [0.15, 0.2) is 0 Å². The largest absolute Gasteiger partial charge is 0.366 e. The van der Waals surface area contributed by atoms with E-state index < -0.39 is 5.72 Å². The Morgan fingerprint density at radius 1 is 0.786 bits per heavy atom. The van der Waals surface area contributed by atoms with Crippen LogP contribution in [0.5, 0.6) is 0 Å². The Kier molecular flexibility index (Phi) is 4.04. The quantitative estimate of drug-likeness (QED) is 0.684. The number of fused-ring (bicyclic) bond motifs is 1. The van der Waals surface area contributed by atoms with Gasteiger partial charge in [0.2, 0.25) is 5.72 Å². The molecule has 3 aromatic rings. The third-order valence-corrected chi connectivity index (χ3v) is 6.07. The van der Waals surface area contributed by atoms with Gasteiger partial charge in [-0.1, -0.05) is 96.2 Å². The van der Waals surface area contributed by atoms with E-state index in [-0.39, 0.29) is 12.0 Å². The van der Waals surface area contributed by atoms with Crippen molar-refractivity contribution in [1.29, 1.82) is 0 Å². The Morgan fingerprint density at radius 2 is 1.36 bits per heavy atom. The van der Waals surface area contributed by atoms with Crippen LogP contribution in [0.4, 0.5) is 0 Å². The summed E-state index contributed by atoms with van der Waals surface area (Å²) in [6.07, 6.45) is 0. The molecule has 0 bridgehead atoms. The molecule has 0 unspecified atom stereocenters. The first kappa shape index (κ1) is 17.2. The predicted molar refractivity (Wildman–Crippen MR) is 110 cm³/mol. The van der Waals surface area contributed by atoms with Gasteiger partial charge < -0.3 is 4.84 Å². The van der Waals surface area contributed by atoms with E-state index in [1.165, 1.54) is 5.56 Å². The van der Waals surface area contributed by atoms with Crippen molar-refractivity contribution in [2.45, 2.75) is 11.8 Å². The summed E-state index contributed by atoms with van der Waals surface area (Å²) >= 11 is 0. The summed E-state index contributed by atoms with van der Waals surface area (Å²) in [4.78, 5) is 6.32. The standard InChI is InChI=1S/C24H23N3O/c1-26-23(19-14-8-4-9-15-19)21-22(18-12-6-3-7-13-18)25-28-24(21,27(26)2)20-16-10-5-11-17-20/h3-17,21,23H,1-2H3/t21-,23-,24-/m1/s1. The van der Waals surface area contributed by atoms with Crippen LogP contribution in [-0.2, 0) is 10.6 Å². The van der Waals surface area contributed by atoms with Crippen LogP contribution in [0.25, 0.3) is 0 Å². The lowest BCUT2D eigenvalue weighted by atomic mass is 9.78. The number of nitrogens with zero attached hydrogens (tertiary/aromatic N) is 3. The summed E-state index contributed by atoms with van der Waals surface area (Å²) in [6, 6.07) is 31.6. The lowest BCUT2D eigenvalue weighted by Gasteiger charge is -2.35. The van der Waals surface area contributed by atoms with Gasteiger partial charge in [0.25, 0.3) is 0 Å². The molecule has 2 aliphatic rings. The Labute approximate surface area is 165 Å². The molecule has 4 nitrogen and oxygen atoms in total. The highest BCUT2D eigenvalue weighted by atomic mass is 16.7. The number of benzene rings is 3. The number of hydrogen-bond acceptors (Lipinski definition) is 4. The summed E-state index contributed by atoms with van der Waals surface area (Å²) in [6.45, 7) is 0. The van der Waals surface area contributed by atoms with Crippen molar-refractivity contribution in [1.82, 2.24) is 10.0 Å². The maximum Gasteiger partial charge on any atom is 0.239 e. The van der Waals surface area contributed by atoms with Crippen molar-refractivity contribution in [3.63, 3.8) is 0 Å². The first-order valence-corrected chi connectivity index (χ1v) is 9.62. The molecule has 0 aliphatic carbocycles. The van der Waals surface area contributed by atoms with E-state index in [9.17, 15) is 0 Å². The smallest absolute Gasteiger partial charge is 0.239 e. The normalized spacial score (nSPS) is 27.3. The van der Waals surface area contributed by atoms with Gasteiger partial charge in [-0.25, -0.2) is 5.01 Å². The van der Waals surface area contributed by atoms with E-state index in [1.807, 2.05) is 12.1 Å². The second kappa shape index (κ2) is 6.59. The van der Waals surface area contributed by atoms with Crippen LogP contribution in [0.15, 0.2) is 96.2 Å². The van der Waals surface area contributed by atoms with Crippen LogP contribution in [0.1, 0.15) is 22.7 Å². The molecule has 3 aromatic carbocycles. The van der Waals surface area contributed by atoms with Crippen molar-refractivity contribution >= 4 is 5.71 Å². The highest BCUT2D eigenvalue weighted by Gasteiger charge is 2.64. The molecule has 1 fully saturated rings. The van der Waals surface area contributed by atoms with Crippen molar-refractivity contribution in [3.8, 4) is 0 Å². The monoisotopic (exact) mass is 369 g/mol. The predicted octanol–water partition coefficient (Wildman–Crippen LogP) is 4.42. The zero-order valence-electron chi connectivity index (χ0n) is 16.1. The van der Waals surface area contributed by atoms with Crippen LogP contribution >= 0.6 is 0 Å². The van der Waals surface area contributed by atoms with Gasteiger partial charge in [0.1, 0.15) is 0 Å². The molecule has 5 rings (SSSR count). The lowest BCUT2D eigenvalue weighted by molar-refractivity contribution is -0.182. The van der Waals surface area contributed by atoms with Crippen molar-refractivity contribution in [2.75, 3.05) is 14.1 Å². The molecule has 2 heterocycles. The van der Waals surface area contributed by atoms with E-state index in [0.29, 0.717) is 0 Å². The second-order valence-corrected chi connectivity index (χ2v) is 7.43. The third-order valence-electron chi connectivity index (χ3n) is 6.07. The Morgan fingerprint density at radius 3 is 2.00 bits per heavy atom. The topological polar surface area (TPSA) is 28.1 Å². The molecule has 1 saturated heterocycles. The lowest BCUT2D eigenvalue weighted by Crippen LogP contribution is -2.46. The highest BCUT2D eigenvalue weighted by molar-refractivity contribution is 6.04.